The molecule has 0 aliphatic heterocycles. The molecule has 1 amide bonds. The van der Waals surface area contributed by atoms with Crippen molar-refractivity contribution in [1.82, 2.24) is 5.32 Å². The number of benzene rings is 1. The number of alkyl carbamates (subject to hydrolysis) is 1. The van der Waals surface area contributed by atoms with Crippen molar-refractivity contribution in [1.29, 1.82) is 0 Å². The lowest BCUT2D eigenvalue weighted by atomic mass is 9.83. The number of fused-ring (bicyclic) bond motifs is 2. The number of rotatable bonds is 5. The number of nitrogens with one attached hydrogen (secondary N) is 1. The first kappa shape index (κ1) is 14.1. The van der Waals surface area contributed by atoms with E-state index in [0.717, 1.165) is 24.7 Å². The molecular weight excluding hydrogens is 266 g/mol. The molecule has 0 aromatic heterocycles. The molecule has 4 heteroatoms. The third-order valence-electron chi connectivity index (χ3n) is 4.95. The first-order valence-electron chi connectivity index (χ1n) is 7.69. The molecule has 1 unspecified atom stereocenters. The Balaban J connectivity index is 1.53. The third-order valence-corrected chi connectivity index (χ3v) is 4.95. The molecule has 21 heavy (non-hydrogen) atoms. The third kappa shape index (κ3) is 3.09. The predicted molar refractivity (Wildman–Crippen MR) is 78.6 cm³/mol. The number of amides is 1. The maximum Gasteiger partial charge on any atom is 0.407 e. The van der Waals surface area contributed by atoms with Crippen molar-refractivity contribution in [3.05, 3.63) is 35.9 Å². The fraction of sp³-hybridized carbons (Fsp3) is 0.529. The topological polar surface area (TPSA) is 55.4 Å². The Bertz CT molecular complexity index is 502. The van der Waals surface area contributed by atoms with Gasteiger partial charge in [0.15, 0.2) is 0 Å². The standard InChI is InChI=1S/C17H21NO3/c19-9-8-15-13-6-7-14(10-13)16(15)18-17(20)21-11-12-4-2-1-3-5-12/h1-5,9,13-16H,6-8,10-11H2,(H,18,20)/t13-,14+,15+,16?/m1/s1. The SMILES string of the molecule is O=CC[C@@H]1C(NC(=O)OCc2ccccc2)[C@H]2CC[C@@H]1C2. The zero-order chi connectivity index (χ0) is 14.7. The zero-order valence-electron chi connectivity index (χ0n) is 12.0. The molecule has 2 saturated carbocycles. The van der Waals surface area contributed by atoms with E-state index in [1.807, 2.05) is 30.3 Å². The minimum Gasteiger partial charge on any atom is -0.445 e. The molecule has 0 spiro atoms. The molecule has 112 valence electrons. The van der Waals surface area contributed by atoms with Gasteiger partial charge in [-0.1, -0.05) is 30.3 Å². The number of hydrogen-bond acceptors (Lipinski definition) is 3. The summed E-state index contributed by atoms with van der Waals surface area (Å²) in [5, 5.41) is 3.00. The average molecular weight is 287 g/mol. The number of aldehydes is 1. The van der Waals surface area contributed by atoms with Crippen LogP contribution in [0.1, 0.15) is 31.2 Å². The molecule has 0 heterocycles. The van der Waals surface area contributed by atoms with Crippen LogP contribution in [0.25, 0.3) is 0 Å². The van der Waals surface area contributed by atoms with Crippen molar-refractivity contribution in [2.75, 3.05) is 0 Å². The van der Waals surface area contributed by atoms with E-state index in [1.54, 1.807) is 0 Å². The zero-order valence-corrected chi connectivity index (χ0v) is 12.0. The number of ether oxygens (including phenoxy) is 1. The molecule has 0 radical (unpaired) electrons. The average Bonchev–Trinajstić information content (AvgIpc) is 3.10. The Morgan fingerprint density at radius 3 is 2.76 bits per heavy atom. The Morgan fingerprint density at radius 2 is 2.00 bits per heavy atom. The van der Waals surface area contributed by atoms with Crippen LogP contribution in [-0.2, 0) is 16.1 Å². The maximum absolute atomic E-state index is 12.0. The highest BCUT2D eigenvalue weighted by Crippen LogP contribution is 2.49. The Hall–Kier alpha value is -1.84. The first-order chi connectivity index (χ1) is 10.3. The summed E-state index contributed by atoms with van der Waals surface area (Å²) in [5.41, 5.74) is 0.977. The van der Waals surface area contributed by atoms with E-state index < -0.39 is 0 Å². The van der Waals surface area contributed by atoms with Crippen LogP contribution >= 0.6 is 0 Å². The highest BCUT2D eigenvalue weighted by atomic mass is 16.5. The van der Waals surface area contributed by atoms with Gasteiger partial charge in [-0.2, -0.15) is 0 Å². The summed E-state index contributed by atoms with van der Waals surface area (Å²) in [4.78, 5) is 22.8. The molecule has 4 atom stereocenters. The van der Waals surface area contributed by atoms with Crippen LogP contribution in [0.15, 0.2) is 30.3 Å². The number of hydrogen-bond donors (Lipinski definition) is 1. The summed E-state index contributed by atoms with van der Waals surface area (Å²) in [5.74, 6) is 1.41. The van der Waals surface area contributed by atoms with Crippen molar-refractivity contribution in [2.24, 2.45) is 17.8 Å². The fourth-order valence-corrected chi connectivity index (χ4v) is 3.99. The van der Waals surface area contributed by atoms with Crippen molar-refractivity contribution < 1.29 is 14.3 Å². The second kappa shape index (κ2) is 6.29. The summed E-state index contributed by atoms with van der Waals surface area (Å²) < 4.78 is 5.29. The van der Waals surface area contributed by atoms with Crippen molar-refractivity contribution in [3.63, 3.8) is 0 Å². The van der Waals surface area contributed by atoms with Crippen molar-refractivity contribution >= 4 is 12.4 Å². The highest BCUT2D eigenvalue weighted by Gasteiger charge is 2.47. The van der Waals surface area contributed by atoms with Gasteiger partial charge in [0.1, 0.15) is 12.9 Å². The largest absolute Gasteiger partial charge is 0.445 e. The minimum absolute atomic E-state index is 0.109. The van der Waals surface area contributed by atoms with Crippen LogP contribution in [0, 0.1) is 17.8 Å². The quantitative estimate of drug-likeness (QED) is 0.847. The molecule has 4 nitrogen and oxygen atoms in total. The van der Waals surface area contributed by atoms with E-state index in [2.05, 4.69) is 5.32 Å². The van der Waals surface area contributed by atoms with Crippen LogP contribution in [-0.4, -0.2) is 18.4 Å². The molecule has 2 bridgehead atoms. The molecule has 2 fully saturated rings. The summed E-state index contributed by atoms with van der Waals surface area (Å²) >= 11 is 0. The Morgan fingerprint density at radius 1 is 1.24 bits per heavy atom. The van der Waals surface area contributed by atoms with E-state index in [9.17, 15) is 9.59 Å². The van der Waals surface area contributed by atoms with E-state index >= 15 is 0 Å². The van der Waals surface area contributed by atoms with Gasteiger partial charge >= 0.3 is 6.09 Å². The van der Waals surface area contributed by atoms with Crippen LogP contribution in [0.4, 0.5) is 4.79 Å². The fourth-order valence-electron chi connectivity index (χ4n) is 3.99. The van der Waals surface area contributed by atoms with Gasteiger partial charge in [-0.25, -0.2) is 4.79 Å². The van der Waals surface area contributed by atoms with Gasteiger partial charge in [-0.15, -0.1) is 0 Å². The van der Waals surface area contributed by atoms with Gasteiger partial charge in [0.25, 0.3) is 0 Å². The summed E-state index contributed by atoms with van der Waals surface area (Å²) in [6.07, 6.45) is 4.65. The Labute approximate surface area is 124 Å². The lowest BCUT2D eigenvalue weighted by Crippen LogP contribution is -2.44. The van der Waals surface area contributed by atoms with Crippen LogP contribution in [0.3, 0.4) is 0 Å². The molecule has 2 aliphatic rings. The second-order valence-corrected chi connectivity index (χ2v) is 6.13. The van der Waals surface area contributed by atoms with E-state index in [-0.39, 0.29) is 18.7 Å². The van der Waals surface area contributed by atoms with Gasteiger partial charge in [-0.05, 0) is 42.6 Å². The van der Waals surface area contributed by atoms with Crippen LogP contribution in [0.5, 0.6) is 0 Å². The normalized spacial score (nSPS) is 30.1. The highest BCUT2D eigenvalue weighted by molar-refractivity contribution is 5.68. The number of carbonyl (C=O) groups is 2. The van der Waals surface area contributed by atoms with Gasteiger partial charge in [0.2, 0.25) is 0 Å². The lowest BCUT2D eigenvalue weighted by Gasteiger charge is -2.30. The van der Waals surface area contributed by atoms with Crippen molar-refractivity contribution in [3.8, 4) is 0 Å². The van der Waals surface area contributed by atoms with Crippen molar-refractivity contribution in [2.45, 2.75) is 38.3 Å². The minimum atomic E-state index is -0.368. The summed E-state index contributed by atoms with van der Waals surface area (Å²) in [6, 6.07) is 9.75. The van der Waals surface area contributed by atoms with Gasteiger partial charge in [0, 0.05) is 12.5 Å². The van der Waals surface area contributed by atoms with E-state index in [4.69, 9.17) is 4.74 Å². The summed E-state index contributed by atoms with van der Waals surface area (Å²) in [6.45, 7) is 0.284. The monoisotopic (exact) mass is 287 g/mol. The predicted octanol–water partition coefficient (Wildman–Crippen LogP) is 2.92. The smallest absolute Gasteiger partial charge is 0.407 e. The first-order valence-corrected chi connectivity index (χ1v) is 7.69. The van der Waals surface area contributed by atoms with Gasteiger partial charge in [-0.3, -0.25) is 0 Å². The van der Waals surface area contributed by atoms with Crippen LogP contribution in [0.2, 0.25) is 0 Å². The van der Waals surface area contributed by atoms with Gasteiger partial charge in [0.05, 0.1) is 0 Å². The number of carbonyl (C=O) groups excluding carboxylic acids is 2. The van der Waals surface area contributed by atoms with Crippen LogP contribution < -0.4 is 5.32 Å². The molecule has 1 aromatic carbocycles. The molecule has 3 rings (SSSR count). The second-order valence-electron chi connectivity index (χ2n) is 6.13. The maximum atomic E-state index is 12.0. The molecule has 1 N–H and O–H groups in total. The van der Waals surface area contributed by atoms with Gasteiger partial charge < -0.3 is 14.8 Å². The van der Waals surface area contributed by atoms with E-state index in [0.29, 0.717) is 24.2 Å². The lowest BCUT2D eigenvalue weighted by molar-refractivity contribution is -0.109. The molecular formula is C17H21NO3. The molecule has 2 aliphatic carbocycles. The summed E-state index contributed by atoms with van der Waals surface area (Å²) in [7, 11) is 0. The Kier molecular flexibility index (Phi) is 4.23. The molecule has 1 aromatic rings. The van der Waals surface area contributed by atoms with E-state index in [1.165, 1.54) is 6.42 Å². The molecule has 0 saturated heterocycles.